The average molecular weight is 382 g/mol. The molecular weight excluding hydrogens is 356 g/mol. The SMILES string of the molecule is O=C(Cn1nnnc1CN1CCc2ccccc2C1)N1CCC2NNCC2C1. The lowest BCUT2D eigenvalue weighted by Crippen LogP contribution is -2.48. The topological polar surface area (TPSA) is 91.2 Å². The number of fused-ring (bicyclic) bond motifs is 2. The maximum Gasteiger partial charge on any atom is 0.244 e. The second-order valence-corrected chi connectivity index (χ2v) is 8.00. The van der Waals surface area contributed by atoms with Gasteiger partial charge < -0.3 is 4.90 Å². The van der Waals surface area contributed by atoms with Crippen LogP contribution in [0.3, 0.4) is 0 Å². The second kappa shape index (κ2) is 7.57. The zero-order valence-corrected chi connectivity index (χ0v) is 15.9. The summed E-state index contributed by atoms with van der Waals surface area (Å²) in [7, 11) is 0. The Morgan fingerprint density at radius 3 is 3.04 bits per heavy atom. The number of hydrazine groups is 1. The summed E-state index contributed by atoms with van der Waals surface area (Å²) >= 11 is 0. The van der Waals surface area contributed by atoms with E-state index in [9.17, 15) is 4.79 Å². The van der Waals surface area contributed by atoms with Crippen LogP contribution in [0, 0.1) is 5.92 Å². The van der Waals surface area contributed by atoms with Crippen LogP contribution in [-0.4, -0.2) is 68.1 Å². The molecule has 2 saturated heterocycles. The van der Waals surface area contributed by atoms with Gasteiger partial charge in [0.1, 0.15) is 6.54 Å². The Hall–Kier alpha value is -2.36. The number of hydrogen-bond acceptors (Lipinski definition) is 7. The second-order valence-electron chi connectivity index (χ2n) is 8.00. The van der Waals surface area contributed by atoms with Gasteiger partial charge in [0.2, 0.25) is 5.91 Å². The number of benzene rings is 1. The summed E-state index contributed by atoms with van der Waals surface area (Å²) < 4.78 is 1.67. The van der Waals surface area contributed by atoms with Gasteiger partial charge in [0.15, 0.2) is 5.82 Å². The summed E-state index contributed by atoms with van der Waals surface area (Å²) in [6.07, 6.45) is 2.02. The van der Waals surface area contributed by atoms with Gasteiger partial charge in [0.05, 0.1) is 6.54 Å². The minimum Gasteiger partial charge on any atom is -0.341 e. The number of piperidine rings is 1. The summed E-state index contributed by atoms with van der Waals surface area (Å²) in [5.41, 5.74) is 9.28. The Morgan fingerprint density at radius 1 is 1.21 bits per heavy atom. The van der Waals surface area contributed by atoms with E-state index in [-0.39, 0.29) is 12.5 Å². The molecule has 2 N–H and O–H groups in total. The molecule has 4 heterocycles. The van der Waals surface area contributed by atoms with Crippen LogP contribution >= 0.6 is 0 Å². The highest BCUT2D eigenvalue weighted by atomic mass is 16.2. The summed E-state index contributed by atoms with van der Waals surface area (Å²) in [6.45, 7) is 5.25. The van der Waals surface area contributed by atoms with Gasteiger partial charge in [0, 0.05) is 44.7 Å². The van der Waals surface area contributed by atoms with Gasteiger partial charge in [-0.3, -0.25) is 20.5 Å². The number of tetrazole rings is 1. The van der Waals surface area contributed by atoms with Crippen molar-refractivity contribution in [2.75, 3.05) is 26.2 Å². The van der Waals surface area contributed by atoms with Crippen molar-refractivity contribution in [3.8, 4) is 0 Å². The zero-order valence-electron chi connectivity index (χ0n) is 15.9. The summed E-state index contributed by atoms with van der Waals surface area (Å²) in [6, 6.07) is 9.05. The quantitative estimate of drug-likeness (QED) is 0.741. The zero-order chi connectivity index (χ0) is 18.9. The van der Waals surface area contributed by atoms with Crippen LogP contribution < -0.4 is 10.9 Å². The van der Waals surface area contributed by atoms with Crippen molar-refractivity contribution in [3.63, 3.8) is 0 Å². The number of hydrogen-bond donors (Lipinski definition) is 2. The summed E-state index contributed by atoms with van der Waals surface area (Å²) in [5, 5.41) is 12.1. The predicted molar refractivity (Wildman–Crippen MR) is 102 cm³/mol. The van der Waals surface area contributed by atoms with E-state index in [1.165, 1.54) is 11.1 Å². The Kier molecular flexibility index (Phi) is 4.79. The largest absolute Gasteiger partial charge is 0.341 e. The molecule has 1 amide bonds. The molecule has 28 heavy (non-hydrogen) atoms. The van der Waals surface area contributed by atoms with Crippen LogP contribution in [0.4, 0.5) is 0 Å². The Balaban J connectivity index is 1.21. The number of carbonyl (C=O) groups is 1. The molecule has 2 atom stereocenters. The van der Waals surface area contributed by atoms with Gasteiger partial charge in [-0.05, 0) is 34.4 Å². The van der Waals surface area contributed by atoms with E-state index in [0.717, 1.165) is 51.4 Å². The normalized spacial score (nSPS) is 24.8. The highest BCUT2D eigenvalue weighted by molar-refractivity contribution is 5.76. The van der Waals surface area contributed by atoms with Gasteiger partial charge in [-0.25, -0.2) is 4.68 Å². The van der Waals surface area contributed by atoms with Crippen molar-refractivity contribution in [2.24, 2.45) is 5.92 Å². The molecule has 3 aliphatic rings. The Morgan fingerprint density at radius 2 is 2.11 bits per heavy atom. The monoisotopic (exact) mass is 382 g/mol. The van der Waals surface area contributed by atoms with Crippen LogP contribution in [0.2, 0.25) is 0 Å². The van der Waals surface area contributed by atoms with Crippen molar-refractivity contribution in [1.29, 1.82) is 0 Å². The van der Waals surface area contributed by atoms with E-state index in [0.29, 0.717) is 18.5 Å². The number of nitrogens with one attached hydrogen (secondary N) is 2. The van der Waals surface area contributed by atoms with Crippen LogP contribution in [0.5, 0.6) is 0 Å². The molecule has 0 radical (unpaired) electrons. The number of amides is 1. The number of rotatable bonds is 4. The lowest BCUT2D eigenvalue weighted by atomic mass is 9.94. The highest BCUT2D eigenvalue weighted by Crippen LogP contribution is 2.21. The molecule has 5 rings (SSSR count). The lowest BCUT2D eigenvalue weighted by Gasteiger charge is -2.34. The number of carbonyl (C=O) groups excluding carboxylic acids is 1. The van der Waals surface area contributed by atoms with E-state index >= 15 is 0 Å². The van der Waals surface area contributed by atoms with Gasteiger partial charge in [-0.15, -0.1) is 5.10 Å². The van der Waals surface area contributed by atoms with Crippen molar-refractivity contribution < 1.29 is 4.79 Å². The molecule has 0 bridgehead atoms. The van der Waals surface area contributed by atoms with Crippen molar-refractivity contribution in [2.45, 2.75) is 38.5 Å². The van der Waals surface area contributed by atoms with Crippen LogP contribution in [-0.2, 0) is 30.8 Å². The van der Waals surface area contributed by atoms with Gasteiger partial charge >= 0.3 is 0 Å². The fourth-order valence-corrected chi connectivity index (χ4v) is 4.55. The van der Waals surface area contributed by atoms with Crippen molar-refractivity contribution in [1.82, 2.24) is 40.9 Å². The molecule has 2 fully saturated rings. The molecule has 1 aromatic heterocycles. The van der Waals surface area contributed by atoms with Crippen LogP contribution in [0.1, 0.15) is 23.4 Å². The van der Waals surface area contributed by atoms with Crippen LogP contribution in [0.25, 0.3) is 0 Å². The third-order valence-corrected chi connectivity index (χ3v) is 6.20. The number of aromatic nitrogens is 4. The molecule has 9 heteroatoms. The lowest BCUT2D eigenvalue weighted by molar-refractivity contribution is -0.134. The molecule has 3 aliphatic heterocycles. The summed E-state index contributed by atoms with van der Waals surface area (Å²) in [5.74, 6) is 1.34. The average Bonchev–Trinajstić information content (AvgIpc) is 3.36. The first-order valence-electron chi connectivity index (χ1n) is 10.1. The Bertz CT molecular complexity index is 852. The fraction of sp³-hybridized carbons (Fsp3) is 0.579. The molecule has 148 valence electrons. The van der Waals surface area contributed by atoms with E-state index in [2.05, 4.69) is 55.5 Å². The maximum absolute atomic E-state index is 12.8. The summed E-state index contributed by atoms with van der Waals surface area (Å²) in [4.78, 5) is 17.1. The standard InChI is InChI=1S/C19H26N8O/c28-19(26-8-6-17-16(11-26)9-20-21-17)13-27-18(22-23-24-27)12-25-7-5-14-3-1-2-4-15(14)10-25/h1-4,16-17,20-21H,5-13H2. The fourth-order valence-electron chi connectivity index (χ4n) is 4.55. The maximum atomic E-state index is 12.8. The van der Waals surface area contributed by atoms with Crippen molar-refractivity contribution in [3.05, 3.63) is 41.2 Å². The molecule has 9 nitrogen and oxygen atoms in total. The first-order chi connectivity index (χ1) is 13.8. The van der Waals surface area contributed by atoms with Gasteiger partial charge in [0.25, 0.3) is 0 Å². The van der Waals surface area contributed by atoms with Gasteiger partial charge in [-0.2, -0.15) is 0 Å². The third kappa shape index (κ3) is 3.52. The molecule has 2 unspecified atom stereocenters. The predicted octanol–water partition coefficient (Wildman–Crippen LogP) is -0.444. The van der Waals surface area contributed by atoms with E-state index in [1.807, 2.05) is 4.90 Å². The van der Waals surface area contributed by atoms with Crippen molar-refractivity contribution >= 4 is 5.91 Å². The Labute approximate surface area is 164 Å². The van der Waals surface area contributed by atoms with Crippen LogP contribution in [0.15, 0.2) is 24.3 Å². The van der Waals surface area contributed by atoms with E-state index in [4.69, 9.17) is 0 Å². The molecule has 1 aromatic carbocycles. The van der Waals surface area contributed by atoms with E-state index < -0.39 is 0 Å². The molecular formula is C19H26N8O. The van der Waals surface area contributed by atoms with E-state index in [1.54, 1.807) is 4.68 Å². The number of likely N-dealkylation sites (tertiary alicyclic amines) is 1. The molecule has 0 saturated carbocycles. The van der Waals surface area contributed by atoms with Gasteiger partial charge in [-0.1, -0.05) is 24.3 Å². The molecule has 0 aliphatic carbocycles. The third-order valence-electron chi connectivity index (χ3n) is 6.20. The first-order valence-corrected chi connectivity index (χ1v) is 10.1. The molecule has 2 aromatic rings. The smallest absolute Gasteiger partial charge is 0.244 e. The molecule has 0 spiro atoms. The highest BCUT2D eigenvalue weighted by Gasteiger charge is 2.34. The number of nitrogens with zero attached hydrogens (tertiary/aromatic N) is 6. The minimum atomic E-state index is 0.0999. The first kappa shape index (κ1) is 17.7. The minimum absolute atomic E-state index is 0.0999.